The molecule has 0 aromatic heterocycles. The van der Waals surface area contributed by atoms with E-state index >= 15 is 0 Å². The molecule has 0 saturated carbocycles. The maximum absolute atomic E-state index is 13.1. The number of nitrogens with zero attached hydrogens (tertiary/aromatic N) is 1. The fraction of sp³-hybridized carbons (Fsp3) is 0.136. The van der Waals surface area contributed by atoms with Crippen LogP contribution in [0.5, 0.6) is 0 Å². The predicted octanol–water partition coefficient (Wildman–Crippen LogP) is 4.05. The van der Waals surface area contributed by atoms with Gasteiger partial charge in [-0.25, -0.2) is 8.42 Å². The van der Waals surface area contributed by atoms with E-state index in [-0.39, 0.29) is 4.90 Å². The molecule has 0 bridgehead atoms. The molecule has 0 heterocycles. The fourth-order valence-corrected chi connectivity index (χ4v) is 4.20. The van der Waals surface area contributed by atoms with Crippen molar-refractivity contribution >= 4 is 10.0 Å². The van der Waals surface area contributed by atoms with E-state index in [2.05, 4.69) is 10.8 Å². The second-order valence-electron chi connectivity index (χ2n) is 6.51. The zero-order valence-corrected chi connectivity index (χ0v) is 16.0. The van der Waals surface area contributed by atoms with Gasteiger partial charge in [0.05, 0.1) is 11.0 Å². The molecule has 0 spiro atoms. The molecule has 3 aromatic carbocycles. The quantitative estimate of drug-likeness (QED) is 0.730. The first-order valence-electron chi connectivity index (χ1n) is 8.52. The predicted molar refractivity (Wildman–Crippen MR) is 106 cm³/mol. The van der Waals surface area contributed by atoms with Gasteiger partial charge in [0.25, 0.3) is 0 Å². The summed E-state index contributed by atoms with van der Waals surface area (Å²) >= 11 is 0. The Morgan fingerprint density at radius 3 is 1.78 bits per heavy atom. The molecule has 1 atom stereocenters. The number of aryl methyl sites for hydroxylation is 2. The van der Waals surface area contributed by atoms with Gasteiger partial charge in [-0.05, 0) is 37.1 Å². The Morgan fingerprint density at radius 1 is 0.778 bits per heavy atom. The van der Waals surface area contributed by atoms with E-state index in [1.165, 1.54) is 0 Å². The zero-order chi connectivity index (χ0) is 19.5. The second-order valence-corrected chi connectivity index (χ2v) is 8.19. The molecule has 136 valence electrons. The molecule has 27 heavy (non-hydrogen) atoms. The van der Waals surface area contributed by atoms with Crippen LogP contribution in [-0.4, -0.2) is 8.42 Å². The molecule has 5 heteroatoms. The van der Waals surface area contributed by atoms with E-state index in [0.717, 1.165) is 11.1 Å². The largest absolute Gasteiger partial charge is 0.242 e. The van der Waals surface area contributed by atoms with Crippen molar-refractivity contribution in [1.29, 1.82) is 5.26 Å². The summed E-state index contributed by atoms with van der Waals surface area (Å²) in [6.45, 7) is 3.83. The lowest BCUT2D eigenvalue weighted by Crippen LogP contribution is -2.45. The summed E-state index contributed by atoms with van der Waals surface area (Å²) in [7, 11) is -3.93. The molecule has 1 unspecified atom stereocenters. The van der Waals surface area contributed by atoms with Crippen LogP contribution in [0.3, 0.4) is 0 Å². The summed E-state index contributed by atoms with van der Waals surface area (Å²) in [6, 6.07) is 25.0. The van der Waals surface area contributed by atoms with Crippen LogP contribution in [0.15, 0.2) is 83.8 Å². The number of hydrogen-bond acceptors (Lipinski definition) is 3. The molecule has 0 fully saturated rings. The summed E-state index contributed by atoms with van der Waals surface area (Å²) in [4.78, 5) is 0.121. The smallest absolute Gasteiger partial charge is 0.207 e. The van der Waals surface area contributed by atoms with Crippen molar-refractivity contribution in [2.24, 2.45) is 0 Å². The van der Waals surface area contributed by atoms with Crippen molar-refractivity contribution in [1.82, 2.24) is 4.72 Å². The summed E-state index contributed by atoms with van der Waals surface area (Å²) in [5.74, 6) is 0. The van der Waals surface area contributed by atoms with Crippen LogP contribution in [0.4, 0.5) is 0 Å². The second kappa shape index (κ2) is 7.36. The molecule has 3 aromatic rings. The molecule has 0 saturated heterocycles. The highest BCUT2D eigenvalue weighted by atomic mass is 32.2. The monoisotopic (exact) mass is 376 g/mol. The molecule has 0 aliphatic carbocycles. The van der Waals surface area contributed by atoms with Gasteiger partial charge in [0.15, 0.2) is 5.54 Å². The number of rotatable bonds is 5. The standard InChI is InChI=1S/C22H20N2O2S/c1-17-8-12-20(13-9-17)22(16-23,19-6-4-3-5-7-19)24-27(25,26)21-14-10-18(2)11-15-21/h3-15,24H,1-2H3. The van der Waals surface area contributed by atoms with E-state index in [1.54, 1.807) is 60.7 Å². The van der Waals surface area contributed by atoms with Crippen molar-refractivity contribution in [2.75, 3.05) is 0 Å². The Balaban J connectivity index is 2.17. The molecule has 3 rings (SSSR count). The number of sulfonamides is 1. The van der Waals surface area contributed by atoms with Crippen LogP contribution in [0.2, 0.25) is 0 Å². The van der Waals surface area contributed by atoms with Gasteiger partial charge >= 0.3 is 0 Å². The van der Waals surface area contributed by atoms with Crippen molar-refractivity contribution in [3.8, 4) is 6.07 Å². The molecule has 0 radical (unpaired) electrons. The number of nitriles is 1. The van der Waals surface area contributed by atoms with Gasteiger partial charge in [-0.2, -0.15) is 9.98 Å². The van der Waals surface area contributed by atoms with Crippen molar-refractivity contribution in [3.63, 3.8) is 0 Å². The topological polar surface area (TPSA) is 70.0 Å². The Hall–Kier alpha value is -2.94. The van der Waals surface area contributed by atoms with Crippen LogP contribution < -0.4 is 4.72 Å². The van der Waals surface area contributed by atoms with E-state index in [0.29, 0.717) is 11.1 Å². The van der Waals surface area contributed by atoms with E-state index < -0.39 is 15.6 Å². The summed E-state index contributed by atoms with van der Waals surface area (Å²) < 4.78 is 28.8. The van der Waals surface area contributed by atoms with Crippen LogP contribution in [0.25, 0.3) is 0 Å². The third kappa shape index (κ3) is 3.77. The van der Waals surface area contributed by atoms with Gasteiger partial charge in [0, 0.05) is 0 Å². The SMILES string of the molecule is Cc1ccc(C(C#N)(NS(=O)(=O)c2ccc(C)cc2)c2ccccc2)cc1. The van der Waals surface area contributed by atoms with Crippen LogP contribution >= 0.6 is 0 Å². The van der Waals surface area contributed by atoms with Gasteiger partial charge in [0.2, 0.25) is 10.0 Å². The van der Waals surface area contributed by atoms with Gasteiger partial charge in [-0.3, -0.25) is 0 Å². The Kier molecular flexibility index (Phi) is 5.13. The minimum Gasteiger partial charge on any atom is -0.207 e. The van der Waals surface area contributed by atoms with Crippen molar-refractivity contribution < 1.29 is 8.42 Å². The maximum Gasteiger partial charge on any atom is 0.242 e. The van der Waals surface area contributed by atoms with Gasteiger partial charge < -0.3 is 0 Å². The van der Waals surface area contributed by atoms with Gasteiger partial charge in [-0.1, -0.05) is 77.9 Å². The van der Waals surface area contributed by atoms with Gasteiger partial charge in [-0.15, -0.1) is 0 Å². The van der Waals surface area contributed by atoms with Crippen LogP contribution in [-0.2, 0) is 15.6 Å². The lowest BCUT2D eigenvalue weighted by atomic mass is 9.85. The lowest BCUT2D eigenvalue weighted by molar-refractivity contribution is 0.543. The minimum atomic E-state index is -3.93. The normalized spacial score (nSPS) is 13.5. The lowest BCUT2D eigenvalue weighted by Gasteiger charge is -2.29. The van der Waals surface area contributed by atoms with Crippen LogP contribution in [0.1, 0.15) is 22.3 Å². The minimum absolute atomic E-state index is 0.121. The molecule has 0 aliphatic rings. The maximum atomic E-state index is 13.1. The fourth-order valence-electron chi connectivity index (χ4n) is 2.91. The highest BCUT2D eigenvalue weighted by molar-refractivity contribution is 7.89. The third-order valence-electron chi connectivity index (χ3n) is 4.48. The van der Waals surface area contributed by atoms with Crippen molar-refractivity contribution in [2.45, 2.75) is 24.3 Å². The molecule has 0 aliphatic heterocycles. The first-order chi connectivity index (χ1) is 12.9. The molecular formula is C22H20N2O2S. The number of hydrogen-bond donors (Lipinski definition) is 1. The zero-order valence-electron chi connectivity index (χ0n) is 15.2. The first kappa shape index (κ1) is 18.8. The summed E-state index contributed by atoms with van der Waals surface area (Å²) in [6.07, 6.45) is 0. The Labute approximate surface area is 160 Å². The van der Waals surface area contributed by atoms with Crippen LogP contribution in [0, 0.1) is 25.2 Å². The Bertz CT molecular complexity index is 1070. The highest BCUT2D eigenvalue weighted by Gasteiger charge is 2.39. The number of benzene rings is 3. The van der Waals surface area contributed by atoms with Crippen molar-refractivity contribution in [3.05, 3.63) is 101 Å². The highest BCUT2D eigenvalue weighted by Crippen LogP contribution is 2.31. The molecule has 4 nitrogen and oxygen atoms in total. The molecule has 0 amide bonds. The van der Waals surface area contributed by atoms with E-state index in [1.807, 2.05) is 32.0 Å². The molecular weight excluding hydrogens is 356 g/mol. The van der Waals surface area contributed by atoms with Gasteiger partial charge in [0.1, 0.15) is 0 Å². The van der Waals surface area contributed by atoms with E-state index in [4.69, 9.17) is 0 Å². The summed E-state index contributed by atoms with van der Waals surface area (Å²) in [5.41, 5.74) is 1.59. The number of nitrogens with one attached hydrogen (secondary N) is 1. The Morgan fingerprint density at radius 2 is 1.26 bits per heavy atom. The first-order valence-corrected chi connectivity index (χ1v) is 10.0. The molecule has 1 N–H and O–H groups in total. The average Bonchev–Trinajstić information content (AvgIpc) is 2.68. The van der Waals surface area contributed by atoms with E-state index in [9.17, 15) is 13.7 Å². The summed E-state index contributed by atoms with van der Waals surface area (Å²) in [5, 5.41) is 10.1. The average molecular weight is 376 g/mol. The third-order valence-corrected chi connectivity index (χ3v) is 5.95.